The van der Waals surface area contributed by atoms with Gasteiger partial charge in [0.2, 0.25) is 0 Å². The molecule has 20 heavy (non-hydrogen) atoms. The van der Waals surface area contributed by atoms with Crippen LogP contribution in [0.3, 0.4) is 0 Å². The van der Waals surface area contributed by atoms with Gasteiger partial charge in [0.05, 0.1) is 17.1 Å². The molecule has 96 valence electrons. The van der Waals surface area contributed by atoms with Crippen molar-refractivity contribution in [1.82, 2.24) is 4.98 Å². The molecule has 0 unspecified atom stereocenters. The van der Waals surface area contributed by atoms with Crippen LogP contribution >= 0.6 is 27.7 Å². The fraction of sp³-hybridized carbons (Fsp3) is 0. The summed E-state index contributed by atoms with van der Waals surface area (Å²) >= 11 is 4.98. The highest BCUT2D eigenvalue weighted by Crippen LogP contribution is 2.30. The molecule has 4 heteroatoms. The van der Waals surface area contributed by atoms with Crippen LogP contribution in [0.25, 0.3) is 10.9 Å². The Kier molecular flexibility index (Phi) is 3.72. The molecule has 0 saturated heterocycles. The summed E-state index contributed by atoms with van der Waals surface area (Å²) in [5.74, 6) is 0. The first kappa shape index (κ1) is 13.2. The average molecular weight is 341 g/mol. The van der Waals surface area contributed by atoms with E-state index in [0.717, 1.165) is 25.3 Å². The molecule has 1 aromatic heterocycles. The maximum absolute atomic E-state index is 9.27. The van der Waals surface area contributed by atoms with Crippen molar-refractivity contribution in [2.24, 2.45) is 0 Å². The Labute approximate surface area is 129 Å². The molecule has 0 aliphatic rings. The Bertz CT molecular complexity index is 807. The Morgan fingerprint density at radius 2 is 1.80 bits per heavy atom. The van der Waals surface area contributed by atoms with Crippen molar-refractivity contribution < 1.29 is 0 Å². The minimum Gasteiger partial charge on any atom is -0.241 e. The number of pyridine rings is 1. The number of fused-ring (bicyclic) bond motifs is 1. The number of nitrogens with zero attached hydrogens (tertiary/aromatic N) is 2. The molecule has 0 spiro atoms. The highest BCUT2D eigenvalue weighted by Gasteiger charge is 2.06. The average Bonchev–Trinajstić information content (AvgIpc) is 2.49. The number of rotatable bonds is 2. The van der Waals surface area contributed by atoms with Gasteiger partial charge >= 0.3 is 0 Å². The number of hydrogen-bond donors (Lipinski definition) is 0. The summed E-state index contributed by atoms with van der Waals surface area (Å²) in [6.45, 7) is 0. The normalized spacial score (nSPS) is 10.4. The highest BCUT2D eigenvalue weighted by atomic mass is 79.9. The van der Waals surface area contributed by atoms with Crippen molar-refractivity contribution in [2.45, 2.75) is 9.92 Å². The van der Waals surface area contributed by atoms with E-state index >= 15 is 0 Å². The maximum atomic E-state index is 9.27. The second kappa shape index (κ2) is 5.66. The van der Waals surface area contributed by atoms with E-state index in [0.29, 0.717) is 5.56 Å². The Morgan fingerprint density at radius 3 is 2.55 bits per heavy atom. The van der Waals surface area contributed by atoms with Gasteiger partial charge in [-0.3, -0.25) is 0 Å². The fourth-order valence-electron chi connectivity index (χ4n) is 1.92. The number of nitriles is 1. The van der Waals surface area contributed by atoms with E-state index in [1.165, 1.54) is 0 Å². The minimum atomic E-state index is 0.662. The zero-order valence-corrected chi connectivity index (χ0v) is 12.8. The molecule has 1 heterocycles. The summed E-state index contributed by atoms with van der Waals surface area (Å²) in [5.41, 5.74) is 1.52. The van der Waals surface area contributed by atoms with Gasteiger partial charge in [0.25, 0.3) is 0 Å². The SMILES string of the molecule is N#Cc1cc(Sc2ccc(Br)cc2)nc2ccccc12. The van der Waals surface area contributed by atoms with Crippen molar-refractivity contribution >= 4 is 38.6 Å². The summed E-state index contributed by atoms with van der Waals surface area (Å²) in [6.07, 6.45) is 0. The van der Waals surface area contributed by atoms with E-state index in [2.05, 4.69) is 27.0 Å². The van der Waals surface area contributed by atoms with Crippen molar-refractivity contribution in [3.05, 3.63) is 64.6 Å². The molecular formula is C16H9BrN2S. The van der Waals surface area contributed by atoms with E-state index in [1.807, 2.05) is 54.6 Å². The molecule has 0 atom stereocenters. The van der Waals surface area contributed by atoms with Crippen LogP contribution in [-0.2, 0) is 0 Å². The molecule has 2 aromatic carbocycles. The smallest absolute Gasteiger partial charge is 0.103 e. The first-order valence-corrected chi connectivity index (χ1v) is 7.60. The van der Waals surface area contributed by atoms with Gasteiger partial charge in [-0.25, -0.2) is 4.98 Å². The lowest BCUT2D eigenvalue weighted by molar-refractivity contribution is 1.18. The third kappa shape index (κ3) is 2.69. The fourth-order valence-corrected chi connectivity index (χ4v) is 3.02. The van der Waals surface area contributed by atoms with Gasteiger partial charge in [-0.15, -0.1) is 0 Å². The van der Waals surface area contributed by atoms with E-state index in [1.54, 1.807) is 11.8 Å². The first-order chi connectivity index (χ1) is 9.76. The zero-order chi connectivity index (χ0) is 13.9. The number of para-hydroxylation sites is 1. The van der Waals surface area contributed by atoms with Gasteiger partial charge in [0.15, 0.2) is 0 Å². The van der Waals surface area contributed by atoms with Crippen LogP contribution in [-0.4, -0.2) is 4.98 Å². The summed E-state index contributed by atoms with van der Waals surface area (Å²) in [7, 11) is 0. The predicted octanol–water partition coefficient (Wildman–Crippen LogP) is 5.02. The lowest BCUT2D eigenvalue weighted by atomic mass is 10.1. The lowest BCUT2D eigenvalue weighted by Crippen LogP contribution is -1.87. The number of benzene rings is 2. The van der Waals surface area contributed by atoms with Crippen molar-refractivity contribution in [2.75, 3.05) is 0 Å². The summed E-state index contributed by atoms with van der Waals surface area (Å²) in [6, 6.07) is 19.8. The molecule has 0 fully saturated rings. The van der Waals surface area contributed by atoms with Crippen LogP contribution in [0.4, 0.5) is 0 Å². The van der Waals surface area contributed by atoms with Crippen molar-refractivity contribution in [3.8, 4) is 6.07 Å². The standard InChI is InChI=1S/C16H9BrN2S/c17-12-5-7-13(8-6-12)20-16-9-11(10-18)14-3-1-2-4-15(14)19-16/h1-9H. The number of aromatic nitrogens is 1. The Hall–Kier alpha value is -1.83. The van der Waals surface area contributed by atoms with E-state index < -0.39 is 0 Å². The molecule has 0 N–H and O–H groups in total. The summed E-state index contributed by atoms with van der Waals surface area (Å²) in [5, 5.41) is 11.0. The molecular weight excluding hydrogens is 332 g/mol. The van der Waals surface area contributed by atoms with E-state index in [-0.39, 0.29) is 0 Å². The monoisotopic (exact) mass is 340 g/mol. The predicted molar refractivity (Wildman–Crippen MR) is 84.7 cm³/mol. The van der Waals surface area contributed by atoms with E-state index in [4.69, 9.17) is 0 Å². The molecule has 0 aliphatic carbocycles. The zero-order valence-electron chi connectivity index (χ0n) is 10.4. The second-order valence-corrected chi connectivity index (χ2v) is 6.20. The van der Waals surface area contributed by atoms with Crippen molar-refractivity contribution in [1.29, 1.82) is 5.26 Å². The highest BCUT2D eigenvalue weighted by molar-refractivity contribution is 9.10. The quantitative estimate of drug-likeness (QED) is 0.657. The molecule has 2 nitrogen and oxygen atoms in total. The van der Waals surface area contributed by atoms with Crippen LogP contribution in [0, 0.1) is 11.3 Å². The second-order valence-electron chi connectivity index (χ2n) is 4.19. The number of halogens is 1. The van der Waals surface area contributed by atoms with Crippen LogP contribution < -0.4 is 0 Å². The maximum Gasteiger partial charge on any atom is 0.103 e. The van der Waals surface area contributed by atoms with Gasteiger partial charge in [-0.1, -0.05) is 45.9 Å². The van der Waals surface area contributed by atoms with E-state index in [9.17, 15) is 5.26 Å². The first-order valence-electron chi connectivity index (χ1n) is 5.99. The molecule has 0 radical (unpaired) electrons. The third-order valence-electron chi connectivity index (χ3n) is 2.85. The van der Waals surface area contributed by atoms with Gasteiger partial charge in [-0.05, 0) is 36.4 Å². The van der Waals surface area contributed by atoms with Gasteiger partial charge in [0.1, 0.15) is 5.03 Å². The molecule has 3 aromatic rings. The Morgan fingerprint density at radius 1 is 1.05 bits per heavy atom. The molecule has 0 bridgehead atoms. The van der Waals surface area contributed by atoms with Crippen LogP contribution in [0.2, 0.25) is 0 Å². The van der Waals surface area contributed by atoms with Gasteiger partial charge in [0, 0.05) is 14.8 Å². The lowest BCUT2D eigenvalue weighted by Gasteiger charge is -2.05. The Balaban J connectivity index is 2.04. The third-order valence-corrected chi connectivity index (χ3v) is 4.30. The molecule has 0 aliphatic heterocycles. The van der Waals surface area contributed by atoms with Gasteiger partial charge < -0.3 is 0 Å². The molecule has 3 rings (SSSR count). The number of hydrogen-bond acceptors (Lipinski definition) is 3. The molecule has 0 amide bonds. The van der Waals surface area contributed by atoms with Crippen LogP contribution in [0.1, 0.15) is 5.56 Å². The van der Waals surface area contributed by atoms with Crippen LogP contribution in [0.5, 0.6) is 0 Å². The minimum absolute atomic E-state index is 0.662. The topological polar surface area (TPSA) is 36.7 Å². The largest absolute Gasteiger partial charge is 0.241 e. The summed E-state index contributed by atoms with van der Waals surface area (Å²) in [4.78, 5) is 5.70. The molecule has 0 saturated carbocycles. The van der Waals surface area contributed by atoms with Crippen molar-refractivity contribution in [3.63, 3.8) is 0 Å². The van der Waals surface area contributed by atoms with Gasteiger partial charge in [-0.2, -0.15) is 5.26 Å². The summed E-state index contributed by atoms with van der Waals surface area (Å²) < 4.78 is 1.05. The van der Waals surface area contributed by atoms with Crippen LogP contribution in [0.15, 0.2) is 69.0 Å².